The van der Waals surface area contributed by atoms with E-state index in [4.69, 9.17) is 0 Å². The largest absolute Gasteiger partial charge is 0.465 e. The number of carboxylic acid groups (broad SMARTS) is 1. The van der Waals surface area contributed by atoms with Crippen molar-refractivity contribution in [1.29, 1.82) is 0 Å². The molecule has 2 atom stereocenters. The summed E-state index contributed by atoms with van der Waals surface area (Å²) in [5.74, 6) is -0.311. The molecule has 28 heavy (non-hydrogen) atoms. The Kier molecular flexibility index (Phi) is 5.23. The van der Waals surface area contributed by atoms with Crippen molar-refractivity contribution in [2.45, 2.75) is 45.3 Å². The highest BCUT2D eigenvalue weighted by molar-refractivity contribution is 6.13. The number of β-lactam (4-membered cyclic amide) rings is 1. The van der Waals surface area contributed by atoms with Crippen LogP contribution < -0.4 is 0 Å². The van der Waals surface area contributed by atoms with Gasteiger partial charge in [0.1, 0.15) is 6.04 Å². The molecule has 1 saturated heterocycles. The standard InChI is InChI=1S/C22H25N3O3/c1-15-19(24(21(27)28)22(2,3)4)20(26)25(15)23-18(16-11-7-5-8-12-16)17-13-9-6-10-14-17/h5-15,19H,1-4H3,(H,27,28)/t15-,19?/m0/s1. The van der Waals surface area contributed by atoms with Crippen molar-refractivity contribution in [3.8, 4) is 0 Å². The van der Waals surface area contributed by atoms with E-state index in [1.807, 2.05) is 67.6 Å². The zero-order chi connectivity index (χ0) is 20.5. The number of amides is 2. The van der Waals surface area contributed by atoms with Crippen molar-refractivity contribution in [2.75, 3.05) is 0 Å². The third kappa shape index (κ3) is 3.63. The first-order chi connectivity index (χ1) is 13.2. The molecule has 1 heterocycles. The van der Waals surface area contributed by atoms with Gasteiger partial charge < -0.3 is 5.11 Å². The predicted molar refractivity (Wildman–Crippen MR) is 108 cm³/mol. The van der Waals surface area contributed by atoms with Crippen LogP contribution in [0.4, 0.5) is 4.79 Å². The lowest BCUT2D eigenvalue weighted by molar-refractivity contribution is -0.160. The van der Waals surface area contributed by atoms with Crippen molar-refractivity contribution < 1.29 is 14.7 Å². The summed E-state index contributed by atoms with van der Waals surface area (Å²) in [5.41, 5.74) is 1.78. The van der Waals surface area contributed by atoms with E-state index in [-0.39, 0.29) is 11.9 Å². The van der Waals surface area contributed by atoms with Crippen molar-refractivity contribution in [2.24, 2.45) is 5.10 Å². The van der Waals surface area contributed by atoms with Crippen LogP contribution in [0.25, 0.3) is 0 Å². The maximum atomic E-state index is 12.9. The zero-order valence-corrected chi connectivity index (χ0v) is 16.5. The number of hydrogen-bond acceptors (Lipinski definition) is 3. The summed E-state index contributed by atoms with van der Waals surface area (Å²) in [7, 11) is 0. The second kappa shape index (κ2) is 7.46. The predicted octanol–water partition coefficient (Wildman–Crippen LogP) is 3.82. The van der Waals surface area contributed by atoms with Gasteiger partial charge in [-0.1, -0.05) is 60.7 Å². The molecule has 1 unspecified atom stereocenters. The Morgan fingerprint density at radius 3 is 1.82 bits per heavy atom. The summed E-state index contributed by atoms with van der Waals surface area (Å²) >= 11 is 0. The topological polar surface area (TPSA) is 73.2 Å². The smallest absolute Gasteiger partial charge is 0.408 e. The van der Waals surface area contributed by atoms with Crippen molar-refractivity contribution >= 4 is 17.7 Å². The molecule has 1 fully saturated rings. The lowest BCUT2D eigenvalue weighted by atomic mass is 9.92. The molecule has 1 aliphatic rings. The van der Waals surface area contributed by atoms with Gasteiger partial charge in [-0.25, -0.2) is 9.80 Å². The van der Waals surface area contributed by atoms with E-state index in [1.165, 1.54) is 9.91 Å². The van der Waals surface area contributed by atoms with Gasteiger partial charge in [-0.2, -0.15) is 5.10 Å². The van der Waals surface area contributed by atoms with Crippen LogP contribution in [0.1, 0.15) is 38.8 Å². The number of hydrazone groups is 1. The Hall–Kier alpha value is -3.15. The van der Waals surface area contributed by atoms with Crippen molar-refractivity contribution in [1.82, 2.24) is 9.91 Å². The van der Waals surface area contributed by atoms with E-state index in [1.54, 1.807) is 20.8 Å². The first-order valence-corrected chi connectivity index (χ1v) is 9.26. The van der Waals surface area contributed by atoms with Crippen LogP contribution in [0.5, 0.6) is 0 Å². The van der Waals surface area contributed by atoms with Gasteiger partial charge >= 0.3 is 6.09 Å². The first kappa shape index (κ1) is 19.6. The van der Waals surface area contributed by atoms with Crippen LogP contribution in [0, 0.1) is 0 Å². The molecule has 0 saturated carbocycles. The lowest BCUT2D eigenvalue weighted by Gasteiger charge is -2.50. The second-order valence-electron chi connectivity index (χ2n) is 7.87. The summed E-state index contributed by atoms with van der Waals surface area (Å²) in [5, 5.41) is 15.7. The van der Waals surface area contributed by atoms with Crippen LogP contribution in [0.2, 0.25) is 0 Å². The molecular weight excluding hydrogens is 354 g/mol. The highest BCUT2D eigenvalue weighted by atomic mass is 16.4. The van der Waals surface area contributed by atoms with Gasteiger partial charge in [0.05, 0.1) is 11.8 Å². The van der Waals surface area contributed by atoms with Gasteiger partial charge in [0.2, 0.25) is 0 Å². The number of carbonyl (C=O) groups is 2. The summed E-state index contributed by atoms with van der Waals surface area (Å²) in [6, 6.07) is 18.2. The Morgan fingerprint density at radius 2 is 1.46 bits per heavy atom. The average Bonchev–Trinajstić information content (AvgIpc) is 2.66. The van der Waals surface area contributed by atoms with E-state index in [0.29, 0.717) is 5.71 Å². The van der Waals surface area contributed by atoms with Crippen LogP contribution in [-0.4, -0.2) is 50.4 Å². The van der Waals surface area contributed by atoms with Crippen LogP contribution in [0.15, 0.2) is 65.8 Å². The normalized spacial score (nSPS) is 19.0. The molecule has 0 aromatic heterocycles. The maximum Gasteiger partial charge on any atom is 0.408 e. The molecule has 0 spiro atoms. The van der Waals surface area contributed by atoms with E-state index >= 15 is 0 Å². The zero-order valence-electron chi connectivity index (χ0n) is 16.5. The minimum atomic E-state index is -1.10. The minimum Gasteiger partial charge on any atom is -0.465 e. The van der Waals surface area contributed by atoms with E-state index in [9.17, 15) is 14.7 Å². The molecule has 0 aliphatic carbocycles. The van der Waals surface area contributed by atoms with E-state index in [2.05, 4.69) is 5.10 Å². The second-order valence-corrected chi connectivity index (χ2v) is 7.87. The summed E-state index contributed by atoms with van der Waals surface area (Å²) in [4.78, 5) is 25.9. The van der Waals surface area contributed by atoms with Gasteiger partial charge in [0, 0.05) is 16.7 Å². The Balaban J connectivity index is 1.97. The summed E-state index contributed by atoms with van der Waals surface area (Å²) in [6.45, 7) is 7.18. The number of hydrogen-bond donors (Lipinski definition) is 1. The molecule has 2 aromatic rings. The summed E-state index contributed by atoms with van der Waals surface area (Å²) < 4.78 is 0. The SMILES string of the molecule is C[C@H]1C(N(C(=O)O)C(C)(C)C)C(=O)N1N=C(c1ccccc1)c1ccccc1. The Labute approximate surface area is 165 Å². The quantitative estimate of drug-likeness (QED) is 0.648. The third-order valence-electron chi connectivity index (χ3n) is 4.83. The number of carbonyl (C=O) groups excluding carboxylic acids is 1. The lowest BCUT2D eigenvalue weighted by Crippen LogP contribution is -2.71. The molecule has 1 aliphatic heterocycles. The summed E-state index contributed by atoms with van der Waals surface area (Å²) in [6.07, 6.45) is -1.10. The van der Waals surface area contributed by atoms with Crippen LogP contribution in [-0.2, 0) is 4.79 Å². The first-order valence-electron chi connectivity index (χ1n) is 9.26. The van der Waals surface area contributed by atoms with Gasteiger partial charge in [-0.3, -0.25) is 9.69 Å². The van der Waals surface area contributed by atoms with E-state index in [0.717, 1.165) is 11.1 Å². The molecule has 1 N–H and O–H groups in total. The molecule has 3 rings (SSSR count). The molecule has 2 amide bonds. The number of nitrogens with zero attached hydrogens (tertiary/aromatic N) is 3. The Bertz CT molecular complexity index is 847. The fraction of sp³-hybridized carbons (Fsp3) is 0.318. The highest BCUT2D eigenvalue weighted by Crippen LogP contribution is 2.31. The maximum absolute atomic E-state index is 12.9. The van der Waals surface area contributed by atoms with Crippen molar-refractivity contribution in [3.05, 3.63) is 71.8 Å². The molecule has 2 aromatic carbocycles. The van der Waals surface area contributed by atoms with Crippen LogP contribution >= 0.6 is 0 Å². The number of benzene rings is 2. The van der Waals surface area contributed by atoms with Gasteiger partial charge in [-0.15, -0.1) is 0 Å². The fourth-order valence-electron chi connectivity index (χ4n) is 3.47. The minimum absolute atomic E-state index is 0.311. The van der Waals surface area contributed by atoms with Gasteiger partial charge in [0.15, 0.2) is 0 Å². The van der Waals surface area contributed by atoms with E-state index < -0.39 is 17.7 Å². The molecule has 0 bridgehead atoms. The molecule has 6 heteroatoms. The van der Waals surface area contributed by atoms with Crippen LogP contribution in [0.3, 0.4) is 0 Å². The fourth-order valence-corrected chi connectivity index (χ4v) is 3.47. The number of rotatable bonds is 4. The Morgan fingerprint density at radius 1 is 1.00 bits per heavy atom. The van der Waals surface area contributed by atoms with Gasteiger partial charge in [-0.05, 0) is 27.7 Å². The molecule has 6 nitrogen and oxygen atoms in total. The molecule has 0 radical (unpaired) electrons. The van der Waals surface area contributed by atoms with Crippen molar-refractivity contribution in [3.63, 3.8) is 0 Å². The molecule has 146 valence electrons. The average molecular weight is 379 g/mol. The van der Waals surface area contributed by atoms with Gasteiger partial charge in [0.25, 0.3) is 5.91 Å². The monoisotopic (exact) mass is 379 g/mol. The molecular formula is C22H25N3O3. The third-order valence-corrected chi connectivity index (χ3v) is 4.83. The highest BCUT2D eigenvalue weighted by Gasteiger charge is 2.53.